The van der Waals surface area contributed by atoms with Crippen LogP contribution in [0.2, 0.25) is 0 Å². The van der Waals surface area contributed by atoms with Crippen molar-refractivity contribution in [3.8, 4) is 0 Å². The van der Waals surface area contributed by atoms with E-state index in [1.807, 2.05) is 0 Å². The Morgan fingerprint density at radius 2 is 1.74 bits per heavy atom. The molecule has 0 amide bonds. The van der Waals surface area contributed by atoms with E-state index in [9.17, 15) is 0 Å². The van der Waals surface area contributed by atoms with Crippen molar-refractivity contribution in [1.82, 2.24) is 5.32 Å². The second kappa shape index (κ2) is 7.77. The monoisotopic (exact) mass is 297 g/mol. The maximum Gasteiger partial charge on any atom is 0.0928 e. The molecule has 0 saturated carbocycles. The Morgan fingerprint density at radius 3 is 2.16 bits per heavy atom. The molecule has 3 nitrogen and oxygen atoms in total. The molecule has 0 bridgehead atoms. The summed E-state index contributed by atoms with van der Waals surface area (Å²) in [6.07, 6.45) is 0.0763. The van der Waals surface area contributed by atoms with Crippen LogP contribution in [0.25, 0.3) is 0 Å². The number of hydrogen-bond acceptors (Lipinski definition) is 5. The molecule has 0 aliphatic rings. The summed E-state index contributed by atoms with van der Waals surface area (Å²) in [6, 6.07) is 8.76. The van der Waals surface area contributed by atoms with Crippen LogP contribution in [-0.2, 0) is 9.47 Å². The average molecular weight is 297 g/mol. The molecule has 2 rings (SSSR count). The molecule has 2 aromatic rings. The molecule has 1 atom stereocenters. The quantitative estimate of drug-likeness (QED) is 0.812. The van der Waals surface area contributed by atoms with Gasteiger partial charge in [-0.25, -0.2) is 0 Å². The maximum absolute atomic E-state index is 5.40. The number of nitrogens with one attached hydrogen (secondary N) is 1. The Kier molecular flexibility index (Phi) is 6.00. The van der Waals surface area contributed by atoms with Crippen molar-refractivity contribution in [1.29, 1.82) is 0 Å². The van der Waals surface area contributed by atoms with Crippen molar-refractivity contribution >= 4 is 22.7 Å². The Morgan fingerprint density at radius 1 is 1.11 bits per heavy atom. The second-order valence-electron chi connectivity index (χ2n) is 4.19. The average Bonchev–Trinajstić information content (AvgIpc) is 3.11. The predicted molar refractivity (Wildman–Crippen MR) is 81.2 cm³/mol. The first-order valence-electron chi connectivity index (χ1n) is 6.17. The van der Waals surface area contributed by atoms with E-state index in [1.165, 1.54) is 9.75 Å². The molecule has 0 fully saturated rings. The van der Waals surface area contributed by atoms with Gasteiger partial charge in [0.1, 0.15) is 0 Å². The van der Waals surface area contributed by atoms with Crippen LogP contribution in [0.3, 0.4) is 0 Å². The lowest BCUT2D eigenvalue weighted by molar-refractivity contribution is 0.0280. The van der Waals surface area contributed by atoms with Crippen LogP contribution < -0.4 is 5.32 Å². The zero-order valence-electron chi connectivity index (χ0n) is 11.2. The molecule has 5 heteroatoms. The predicted octanol–water partition coefficient (Wildman–Crippen LogP) is 3.15. The first-order chi connectivity index (χ1) is 9.35. The van der Waals surface area contributed by atoms with Crippen LogP contribution in [0.4, 0.5) is 0 Å². The molecule has 1 N–H and O–H groups in total. The van der Waals surface area contributed by atoms with E-state index in [2.05, 4.69) is 40.3 Å². The van der Waals surface area contributed by atoms with Crippen molar-refractivity contribution in [2.45, 2.75) is 12.1 Å². The third-order valence-corrected chi connectivity index (χ3v) is 4.77. The molecule has 0 radical (unpaired) electrons. The first kappa shape index (κ1) is 14.7. The SMILES string of the molecule is COCC(CNC(c1cccs1)c1cccs1)OC. The van der Waals surface area contributed by atoms with Gasteiger partial charge in [-0.2, -0.15) is 0 Å². The third-order valence-electron chi connectivity index (χ3n) is 2.89. The van der Waals surface area contributed by atoms with E-state index in [0.717, 1.165) is 6.54 Å². The molecule has 0 aromatic carbocycles. The topological polar surface area (TPSA) is 30.5 Å². The molecule has 19 heavy (non-hydrogen) atoms. The summed E-state index contributed by atoms with van der Waals surface area (Å²) in [6.45, 7) is 1.37. The van der Waals surface area contributed by atoms with E-state index in [1.54, 1.807) is 36.9 Å². The highest BCUT2D eigenvalue weighted by Gasteiger charge is 2.17. The standard InChI is InChI=1S/C14H19NO2S2/c1-16-10-11(17-2)9-15-14(12-5-3-7-18-12)13-6-4-8-19-13/h3-8,11,14-15H,9-10H2,1-2H3. The summed E-state index contributed by atoms with van der Waals surface area (Å²) in [7, 11) is 3.42. The largest absolute Gasteiger partial charge is 0.382 e. The second-order valence-corrected chi connectivity index (χ2v) is 6.14. The summed E-state index contributed by atoms with van der Waals surface area (Å²) < 4.78 is 10.5. The molecule has 0 saturated heterocycles. The number of hydrogen-bond donors (Lipinski definition) is 1. The van der Waals surface area contributed by atoms with Gasteiger partial charge in [0.05, 0.1) is 18.8 Å². The van der Waals surface area contributed by atoms with Crippen LogP contribution >= 0.6 is 22.7 Å². The van der Waals surface area contributed by atoms with Crippen molar-refractivity contribution in [3.63, 3.8) is 0 Å². The summed E-state index contributed by atoms with van der Waals surface area (Å²) >= 11 is 3.55. The van der Waals surface area contributed by atoms with Crippen molar-refractivity contribution in [2.24, 2.45) is 0 Å². The third kappa shape index (κ3) is 4.12. The van der Waals surface area contributed by atoms with Gasteiger partial charge in [-0.1, -0.05) is 12.1 Å². The van der Waals surface area contributed by atoms with Crippen molar-refractivity contribution in [2.75, 3.05) is 27.4 Å². The van der Waals surface area contributed by atoms with Crippen LogP contribution in [0, 0.1) is 0 Å². The molecule has 104 valence electrons. The Balaban J connectivity index is 2.03. The lowest BCUT2D eigenvalue weighted by Crippen LogP contribution is -2.34. The van der Waals surface area contributed by atoms with Crippen LogP contribution in [0.1, 0.15) is 15.8 Å². The maximum atomic E-state index is 5.40. The minimum atomic E-state index is 0.0763. The molecule has 1 unspecified atom stereocenters. The summed E-state index contributed by atoms with van der Waals surface area (Å²) in [4.78, 5) is 2.66. The van der Waals surface area contributed by atoms with Gasteiger partial charge in [0, 0.05) is 30.5 Å². The van der Waals surface area contributed by atoms with E-state index in [4.69, 9.17) is 9.47 Å². The van der Waals surface area contributed by atoms with Gasteiger partial charge in [0.2, 0.25) is 0 Å². The van der Waals surface area contributed by atoms with Crippen molar-refractivity contribution < 1.29 is 9.47 Å². The molecular formula is C14H19NO2S2. The Bertz CT molecular complexity index is 408. The lowest BCUT2D eigenvalue weighted by atomic mass is 10.2. The zero-order chi connectivity index (χ0) is 13.5. The lowest BCUT2D eigenvalue weighted by Gasteiger charge is -2.20. The minimum Gasteiger partial charge on any atom is -0.382 e. The molecule has 0 aliphatic carbocycles. The van der Waals surface area contributed by atoms with Gasteiger partial charge in [-0.05, 0) is 22.9 Å². The van der Waals surface area contributed by atoms with Crippen LogP contribution in [0.5, 0.6) is 0 Å². The Hall–Kier alpha value is -0.720. The van der Waals surface area contributed by atoms with E-state index in [-0.39, 0.29) is 12.1 Å². The number of ether oxygens (including phenoxy) is 2. The van der Waals surface area contributed by atoms with Gasteiger partial charge < -0.3 is 14.8 Å². The van der Waals surface area contributed by atoms with Crippen LogP contribution in [0.15, 0.2) is 35.0 Å². The fourth-order valence-corrected chi connectivity index (χ4v) is 3.61. The molecule has 0 aliphatic heterocycles. The number of methoxy groups -OCH3 is 2. The fourth-order valence-electron chi connectivity index (χ4n) is 1.90. The van der Waals surface area contributed by atoms with E-state index >= 15 is 0 Å². The van der Waals surface area contributed by atoms with Gasteiger partial charge in [0.15, 0.2) is 0 Å². The highest BCUT2D eigenvalue weighted by Crippen LogP contribution is 2.29. The molecular weight excluding hydrogens is 278 g/mol. The smallest absolute Gasteiger partial charge is 0.0928 e. The minimum absolute atomic E-state index is 0.0763. The normalized spacial score (nSPS) is 13.0. The van der Waals surface area contributed by atoms with Gasteiger partial charge >= 0.3 is 0 Å². The van der Waals surface area contributed by atoms with E-state index in [0.29, 0.717) is 6.61 Å². The molecule has 0 spiro atoms. The molecule has 2 aromatic heterocycles. The van der Waals surface area contributed by atoms with Crippen LogP contribution in [-0.4, -0.2) is 33.5 Å². The summed E-state index contributed by atoms with van der Waals surface area (Å²) in [5.74, 6) is 0. The van der Waals surface area contributed by atoms with Gasteiger partial charge in [0.25, 0.3) is 0 Å². The first-order valence-corrected chi connectivity index (χ1v) is 7.93. The number of thiophene rings is 2. The highest BCUT2D eigenvalue weighted by atomic mass is 32.1. The van der Waals surface area contributed by atoms with Crippen molar-refractivity contribution in [3.05, 3.63) is 44.8 Å². The van der Waals surface area contributed by atoms with E-state index < -0.39 is 0 Å². The highest BCUT2D eigenvalue weighted by molar-refractivity contribution is 7.11. The fraction of sp³-hybridized carbons (Fsp3) is 0.429. The zero-order valence-corrected chi connectivity index (χ0v) is 12.8. The van der Waals surface area contributed by atoms with Gasteiger partial charge in [-0.3, -0.25) is 0 Å². The molecule has 2 heterocycles. The van der Waals surface area contributed by atoms with Gasteiger partial charge in [-0.15, -0.1) is 22.7 Å². The Labute approximate surface area is 122 Å². The summed E-state index contributed by atoms with van der Waals surface area (Å²) in [5, 5.41) is 7.80. The number of rotatable bonds is 8. The summed E-state index contributed by atoms with van der Waals surface area (Å²) in [5.41, 5.74) is 0.